The van der Waals surface area contributed by atoms with Gasteiger partial charge in [-0.05, 0) is 36.6 Å². The average molecular weight is 277 g/mol. The van der Waals surface area contributed by atoms with Gasteiger partial charge in [-0.2, -0.15) is 0 Å². The van der Waals surface area contributed by atoms with Gasteiger partial charge in [0.2, 0.25) is 0 Å². The molecule has 20 heavy (non-hydrogen) atoms. The molecule has 2 heterocycles. The third-order valence-corrected chi connectivity index (χ3v) is 4.12. The molecule has 2 aliphatic rings. The van der Waals surface area contributed by atoms with Gasteiger partial charge in [0.05, 0.1) is 12.1 Å². The van der Waals surface area contributed by atoms with Crippen LogP contribution in [0.4, 0.5) is 0 Å². The molecule has 0 saturated carbocycles. The molecule has 0 radical (unpaired) electrons. The molecule has 3 rings (SSSR count). The van der Waals surface area contributed by atoms with E-state index in [2.05, 4.69) is 31.3 Å². The SMILES string of the molecule is CCNC(c1ccc2c(c1)OCCO2)C1OCCC1C. The monoisotopic (exact) mass is 277 g/mol. The second-order valence-electron chi connectivity index (χ2n) is 5.54. The Labute approximate surface area is 120 Å². The van der Waals surface area contributed by atoms with Gasteiger partial charge in [-0.3, -0.25) is 0 Å². The van der Waals surface area contributed by atoms with Crippen LogP contribution in [0.2, 0.25) is 0 Å². The van der Waals surface area contributed by atoms with Crippen LogP contribution in [0.25, 0.3) is 0 Å². The van der Waals surface area contributed by atoms with Gasteiger partial charge in [0, 0.05) is 6.61 Å². The van der Waals surface area contributed by atoms with Crippen molar-refractivity contribution in [2.75, 3.05) is 26.4 Å². The second-order valence-corrected chi connectivity index (χ2v) is 5.54. The van der Waals surface area contributed by atoms with E-state index in [4.69, 9.17) is 14.2 Å². The Balaban J connectivity index is 1.87. The fourth-order valence-corrected chi connectivity index (χ4v) is 3.04. The van der Waals surface area contributed by atoms with Crippen LogP contribution in [0.5, 0.6) is 11.5 Å². The van der Waals surface area contributed by atoms with Crippen LogP contribution in [0, 0.1) is 5.92 Å². The standard InChI is InChI=1S/C16H23NO3/c1-3-17-15(16-11(2)6-7-20-16)12-4-5-13-14(10-12)19-9-8-18-13/h4-5,10-11,15-17H,3,6-9H2,1-2H3. The number of nitrogens with one attached hydrogen (secondary N) is 1. The molecule has 1 fully saturated rings. The molecule has 4 nitrogen and oxygen atoms in total. The first-order chi connectivity index (χ1) is 9.79. The van der Waals surface area contributed by atoms with E-state index in [1.165, 1.54) is 5.56 Å². The van der Waals surface area contributed by atoms with Crippen molar-refractivity contribution in [1.29, 1.82) is 0 Å². The number of ether oxygens (including phenoxy) is 3. The molecule has 4 heteroatoms. The number of hydrogen-bond donors (Lipinski definition) is 1. The van der Waals surface area contributed by atoms with Crippen molar-refractivity contribution in [2.45, 2.75) is 32.4 Å². The minimum atomic E-state index is 0.216. The zero-order valence-corrected chi connectivity index (χ0v) is 12.2. The number of rotatable bonds is 4. The third-order valence-electron chi connectivity index (χ3n) is 4.12. The molecule has 2 aliphatic heterocycles. The molecule has 0 spiro atoms. The molecular weight excluding hydrogens is 254 g/mol. The van der Waals surface area contributed by atoms with E-state index in [9.17, 15) is 0 Å². The largest absolute Gasteiger partial charge is 0.486 e. The maximum absolute atomic E-state index is 5.94. The summed E-state index contributed by atoms with van der Waals surface area (Å²) in [6, 6.07) is 6.44. The summed E-state index contributed by atoms with van der Waals surface area (Å²) >= 11 is 0. The van der Waals surface area contributed by atoms with E-state index in [1.54, 1.807) is 0 Å². The van der Waals surface area contributed by atoms with E-state index < -0.39 is 0 Å². The van der Waals surface area contributed by atoms with Crippen molar-refractivity contribution in [3.8, 4) is 11.5 Å². The normalized spacial score (nSPS) is 26.5. The molecule has 0 aliphatic carbocycles. The summed E-state index contributed by atoms with van der Waals surface area (Å²) < 4.78 is 17.2. The predicted molar refractivity (Wildman–Crippen MR) is 77.4 cm³/mol. The molecule has 1 saturated heterocycles. The minimum absolute atomic E-state index is 0.216. The summed E-state index contributed by atoms with van der Waals surface area (Å²) in [5, 5.41) is 3.56. The Morgan fingerprint density at radius 3 is 2.70 bits per heavy atom. The smallest absolute Gasteiger partial charge is 0.161 e. The van der Waals surface area contributed by atoms with Gasteiger partial charge < -0.3 is 19.5 Å². The average Bonchev–Trinajstić information content (AvgIpc) is 2.90. The Morgan fingerprint density at radius 2 is 2.00 bits per heavy atom. The molecule has 0 aromatic heterocycles. The lowest BCUT2D eigenvalue weighted by molar-refractivity contribution is 0.0610. The molecule has 1 aromatic carbocycles. The molecule has 0 amide bonds. The number of likely N-dealkylation sites (N-methyl/N-ethyl adjacent to an activating group) is 1. The van der Waals surface area contributed by atoms with Gasteiger partial charge in [0.15, 0.2) is 11.5 Å². The summed E-state index contributed by atoms with van der Waals surface area (Å²) in [6.07, 6.45) is 1.37. The molecule has 0 bridgehead atoms. The summed E-state index contributed by atoms with van der Waals surface area (Å²) in [4.78, 5) is 0. The Bertz CT molecular complexity index is 463. The molecule has 1 aromatic rings. The second kappa shape index (κ2) is 6.02. The van der Waals surface area contributed by atoms with Crippen LogP contribution in [-0.2, 0) is 4.74 Å². The van der Waals surface area contributed by atoms with E-state index in [1.807, 2.05) is 6.07 Å². The van der Waals surface area contributed by atoms with Crippen molar-refractivity contribution in [3.63, 3.8) is 0 Å². The van der Waals surface area contributed by atoms with Crippen LogP contribution in [-0.4, -0.2) is 32.5 Å². The molecule has 3 atom stereocenters. The van der Waals surface area contributed by atoms with Crippen LogP contribution in [0.15, 0.2) is 18.2 Å². The summed E-state index contributed by atoms with van der Waals surface area (Å²) in [5.74, 6) is 2.27. The predicted octanol–water partition coefficient (Wildman–Crippen LogP) is 2.53. The number of benzene rings is 1. The lowest BCUT2D eigenvalue weighted by atomic mass is 9.92. The van der Waals surface area contributed by atoms with E-state index >= 15 is 0 Å². The first kappa shape index (κ1) is 13.7. The highest BCUT2D eigenvalue weighted by atomic mass is 16.6. The molecular formula is C16H23NO3. The first-order valence-corrected chi connectivity index (χ1v) is 7.54. The fourth-order valence-electron chi connectivity index (χ4n) is 3.04. The van der Waals surface area contributed by atoms with Crippen molar-refractivity contribution in [1.82, 2.24) is 5.32 Å². The van der Waals surface area contributed by atoms with E-state index in [0.717, 1.165) is 31.1 Å². The van der Waals surface area contributed by atoms with Crippen LogP contribution >= 0.6 is 0 Å². The van der Waals surface area contributed by atoms with E-state index in [-0.39, 0.29) is 12.1 Å². The number of fused-ring (bicyclic) bond motifs is 1. The topological polar surface area (TPSA) is 39.7 Å². The summed E-state index contributed by atoms with van der Waals surface area (Å²) in [6.45, 7) is 7.43. The minimum Gasteiger partial charge on any atom is -0.486 e. The van der Waals surface area contributed by atoms with E-state index in [0.29, 0.717) is 19.1 Å². The summed E-state index contributed by atoms with van der Waals surface area (Å²) in [7, 11) is 0. The van der Waals surface area contributed by atoms with Crippen LogP contribution in [0.3, 0.4) is 0 Å². The third kappa shape index (κ3) is 2.63. The van der Waals surface area contributed by atoms with Gasteiger partial charge in [0.1, 0.15) is 13.2 Å². The highest BCUT2D eigenvalue weighted by molar-refractivity contribution is 5.45. The zero-order chi connectivity index (χ0) is 13.9. The van der Waals surface area contributed by atoms with Crippen molar-refractivity contribution >= 4 is 0 Å². The Hall–Kier alpha value is -1.26. The number of hydrogen-bond acceptors (Lipinski definition) is 4. The van der Waals surface area contributed by atoms with Gasteiger partial charge in [0.25, 0.3) is 0 Å². The van der Waals surface area contributed by atoms with Gasteiger partial charge in [-0.25, -0.2) is 0 Å². The molecule has 110 valence electrons. The molecule has 3 unspecified atom stereocenters. The first-order valence-electron chi connectivity index (χ1n) is 7.54. The van der Waals surface area contributed by atoms with Crippen LogP contribution < -0.4 is 14.8 Å². The van der Waals surface area contributed by atoms with Gasteiger partial charge in [-0.15, -0.1) is 0 Å². The summed E-state index contributed by atoms with van der Waals surface area (Å²) in [5.41, 5.74) is 1.22. The maximum Gasteiger partial charge on any atom is 0.161 e. The molecule has 1 N–H and O–H groups in total. The van der Waals surface area contributed by atoms with Crippen molar-refractivity contribution in [2.24, 2.45) is 5.92 Å². The maximum atomic E-state index is 5.94. The highest BCUT2D eigenvalue weighted by Crippen LogP contribution is 2.36. The zero-order valence-electron chi connectivity index (χ0n) is 12.2. The lowest BCUT2D eigenvalue weighted by Crippen LogP contribution is -2.34. The van der Waals surface area contributed by atoms with Crippen molar-refractivity contribution in [3.05, 3.63) is 23.8 Å². The Morgan fingerprint density at radius 1 is 1.20 bits per heavy atom. The Kier molecular flexibility index (Phi) is 4.13. The van der Waals surface area contributed by atoms with Crippen LogP contribution in [0.1, 0.15) is 31.9 Å². The quantitative estimate of drug-likeness (QED) is 0.918. The lowest BCUT2D eigenvalue weighted by Gasteiger charge is -2.28. The van der Waals surface area contributed by atoms with Crippen molar-refractivity contribution < 1.29 is 14.2 Å². The highest BCUT2D eigenvalue weighted by Gasteiger charge is 2.33. The van der Waals surface area contributed by atoms with Gasteiger partial charge >= 0.3 is 0 Å². The van der Waals surface area contributed by atoms with Gasteiger partial charge in [-0.1, -0.05) is 19.9 Å². The fraction of sp³-hybridized carbons (Fsp3) is 0.625.